The molecule has 4 aliphatic rings. The van der Waals surface area contributed by atoms with Crippen LogP contribution in [0.25, 0.3) is 0 Å². The van der Waals surface area contributed by atoms with Crippen molar-refractivity contribution in [2.75, 3.05) is 18.6 Å². The van der Waals surface area contributed by atoms with E-state index in [0.717, 1.165) is 16.1 Å². The Hall–Kier alpha value is -4.92. The fraction of sp³-hybridized carbons (Fsp3) is 0.351. The van der Waals surface area contributed by atoms with Crippen molar-refractivity contribution in [1.29, 1.82) is 0 Å². The predicted molar refractivity (Wildman–Crippen MR) is 170 cm³/mol. The number of anilines is 1. The lowest BCUT2D eigenvalue weighted by Crippen LogP contribution is -2.53. The van der Waals surface area contributed by atoms with Gasteiger partial charge in [-0.3, -0.25) is 29.5 Å². The number of benzene rings is 3. The number of phenols is 1. The van der Waals surface area contributed by atoms with Gasteiger partial charge in [0.15, 0.2) is 11.5 Å². The third kappa shape index (κ3) is 4.13. The molecule has 3 aromatic carbocycles. The fourth-order valence-corrected chi connectivity index (χ4v) is 8.51. The summed E-state index contributed by atoms with van der Waals surface area (Å²) in [6, 6.07) is 21.9. The van der Waals surface area contributed by atoms with E-state index in [1.807, 2.05) is 74.5 Å². The van der Waals surface area contributed by atoms with Gasteiger partial charge in [0.25, 0.3) is 11.8 Å². The highest BCUT2D eigenvalue weighted by Crippen LogP contribution is 2.65. The van der Waals surface area contributed by atoms with Gasteiger partial charge < -0.3 is 9.84 Å². The van der Waals surface area contributed by atoms with E-state index in [1.165, 1.54) is 4.90 Å². The average Bonchev–Trinajstić information content (AvgIpc) is 3.44. The first-order valence-electron chi connectivity index (χ1n) is 16.0. The number of aromatic hydroxyl groups is 1. The van der Waals surface area contributed by atoms with E-state index in [0.29, 0.717) is 29.8 Å². The zero-order chi connectivity index (χ0) is 32.3. The normalized spacial score (nSPS) is 28.5. The number of carbonyl (C=O) groups excluding carboxylic acids is 4. The van der Waals surface area contributed by atoms with Crippen LogP contribution in [0.1, 0.15) is 49.3 Å². The summed E-state index contributed by atoms with van der Waals surface area (Å²) in [5.41, 5.74) is 5.13. The second-order valence-corrected chi connectivity index (χ2v) is 12.6. The average molecular weight is 620 g/mol. The third-order valence-corrected chi connectivity index (χ3v) is 10.4. The van der Waals surface area contributed by atoms with E-state index < -0.39 is 46.8 Å². The van der Waals surface area contributed by atoms with Crippen molar-refractivity contribution in [3.8, 4) is 11.5 Å². The zero-order valence-electron chi connectivity index (χ0n) is 26.1. The Morgan fingerprint density at radius 3 is 2.33 bits per heavy atom. The number of amides is 4. The highest BCUT2D eigenvalue weighted by Gasteiger charge is 2.70. The number of hydrogen-bond acceptors (Lipinski definition) is 7. The van der Waals surface area contributed by atoms with E-state index in [4.69, 9.17) is 4.74 Å². The Bertz CT molecular complexity index is 1770. The summed E-state index contributed by atoms with van der Waals surface area (Å²) in [7, 11) is 0. The highest BCUT2D eigenvalue weighted by molar-refractivity contribution is 6.13. The Balaban J connectivity index is 1.48. The molecule has 2 aliphatic heterocycles. The van der Waals surface area contributed by atoms with Crippen molar-refractivity contribution < 1.29 is 29.0 Å². The number of carbonyl (C=O) groups is 4. The van der Waals surface area contributed by atoms with Crippen LogP contribution in [0.5, 0.6) is 11.5 Å². The Kier molecular flexibility index (Phi) is 7.22. The van der Waals surface area contributed by atoms with Crippen LogP contribution in [0.2, 0.25) is 0 Å². The molecule has 0 aromatic heterocycles. The van der Waals surface area contributed by atoms with Gasteiger partial charge in [0, 0.05) is 18.0 Å². The number of likely N-dealkylation sites (tertiary alicyclic amines) is 1. The van der Waals surface area contributed by atoms with Crippen molar-refractivity contribution in [3.05, 3.63) is 101 Å². The quantitative estimate of drug-likeness (QED) is 0.279. The molecule has 0 radical (unpaired) electrons. The van der Waals surface area contributed by atoms with Gasteiger partial charge in [-0.25, -0.2) is 0 Å². The van der Waals surface area contributed by atoms with Crippen LogP contribution in [0.4, 0.5) is 5.69 Å². The van der Waals surface area contributed by atoms with Gasteiger partial charge in [-0.15, -0.1) is 0 Å². The van der Waals surface area contributed by atoms with Crippen LogP contribution in [0.15, 0.2) is 84.4 Å². The van der Waals surface area contributed by atoms with Crippen molar-refractivity contribution in [1.82, 2.24) is 9.91 Å². The Labute approximate surface area is 267 Å². The number of ether oxygens (including phenoxy) is 1. The van der Waals surface area contributed by atoms with Crippen molar-refractivity contribution in [2.45, 2.75) is 44.9 Å². The number of fused-ring (bicyclic) bond motifs is 4. The minimum Gasteiger partial charge on any atom is -0.504 e. The maximum atomic E-state index is 15.1. The lowest BCUT2D eigenvalue weighted by atomic mass is 9.49. The minimum atomic E-state index is -1.45. The third-order valence-electron chi connectivity index (χ3n) is 10.4. The van der Waals surface area contributed by atoms with Gasteiger partial charge in [-0.05, 0) is 63.3 Å². The number of para-hydroxylation sites is 1. The van der Waals surface area contributed by atoms with Gasteiger partial charge in [-0.1, -0.05) is 71.8 Å². The SMILES string of the molecule is CCOc1cccc([C@H]2C3=CC[C@@H]4C(=O)N(CC)C(=O)[C@@H]4[C@@H]3C[C@H]3C(=O)N(Nc4ccc(C)cc4)C(=O)[C@@]23c2ccccc2)c1O. The number of hydrazine groups is 1. The molecule has 46 heavy (non-hydrogen) atoms. The summed E-state index contributed by atoms with van der Waals surface area (Å²) in [5.74, 6) is -4.49. The fourth-order valence-electron chi connectivity index (χ4n) is 8.51. The number of rotatable bonds is 7. The van der Waals surface area contributed by atoms with Crippen molar-refractivity contribution in [3.63, 3.8) is 0 Å². The van der Waals surface area contributed by atoms with E-state index in [-0.39, 0.29) is 36.3 Å². The summed E-state index contributed by atoms with van der Waals surface area (Å²) < 4.78 is 5.79. The van der Waals surface area contributed by atoms with Crippen LogP contribution < -0.4 is 10.2 Å². The topological polar surface area (TPSA) is 116 Å². The molecule has 3 fully saturated rings. The van der Waals surface area contributed by atoms with Crippen molar-refractivity contribution in [2.24, 2.45) is 23.7 Å². The van der Waals surface area contributed by atoms with Crippen molar-refractivity contribution >= 4 is 29.3 Å². The monoisotopic (exact) mass is 619 g/mol. The van der Waals surface area contributed by atoms with E-state index in [1.54, 1.807) is 25.1 Å². The Morgan fingerprint density at radius 2 is 1.63 bits per heavy atom. The molecule has 3 aromatic rings. The summed E-state index contributed by atoms with van der Waals surface area (Å²) in [6.07, 6.45) is 2.53. The number of aryl methyl sites for hydroxylation is 1. The maximum absolute atomic E-state index is 15.1. The van der Waals surface area contributed by atoms with E-state index in [2.05, 4.69) is 5.43 Å². The number of hydrogen-bond donors (Lipinski definition) is 2. The molecule has 2 aliphatic carbocycles. The molecule has 7 rings (SSSR count). The molecule has 1 saturated carbocycles. The molecule has 6 atom stereocenters. The first-order chi connectivity index (χ1) is 22.2. The van der Waals surface area contributed by atoms with Crippen LogP contribution in [-0.2, 0) is 24.6 Å². The maximum Gasteiger partial charge on any atom is 0.260 e. The van der Waals surface area contributed by atoms with Crippen LogP contribution in [0.3, 0.4) is 0 Å². The summed E-state index contributed by atoms with van der Waals surface area (Å²) in [6.45, 7) is 6.16. The number of allylic oxidation sites excluding steroid dienone is 2. The second kappa shape index (κ2) is 11.2. The molecule has 0 bridgehead atoms. The largest absolute Gasteiger partial charge is 0.504 e. The standard InChI is InChI=1S/C37H37N3O6/c1-4-39-33(42)25-19-18-24-27(30(25)35(39)44)20-28-34(43)40(38-23-16-14-21(3)15-17-23)36(45)37(28,22-10-7-6-8-11-22)31(24)26-12-9-13-29(32(26)41)46-5-2/h6-18,25,27-28,30-31,38,41H,4-5,19-20H2,1-3H3/t25-,27+,28-,30-,31+,37+/m0/s1. The van der Waals surface area contributed by atoms with E-state index >= 15 is 4.79 Å². The number of nitrogens with zero attached hydrogens (tertiary/aromatic N) is 2. The molecule has 236 valence electrons. The van der Waals surface area contributed by atoms with Gasteiger partial charge in [-0.2, -0.15) is 5.01 Å². The van der Waals surface area contributed by atoms with Gasteiger partial charge in [0.2, 0.25) is 11.8 Å². The molecular weight excluding hydrogens is 582 g/mol. The summed E-state index contributed by atoms with van der Waals surface area (Å²) in [4.78, 5) is 58.3. The van der Waals surface area contributed by atoms with Crippen LogP contribution in [0, 0.1) is 30.6 Å². The Morgan fingerprint density at radius 1 is 0.891 bits per heavy atom. The first-order valence-corrected chi connectivity index (χ1v) is 16.0. The second-order valence-electron chi connectivity index (χ2n) is 12.6. The molecule has 2 saturated heterocycles. The first kappa shape index (κ1) is 29.8. The number of phenolic OH excluding ortho intramolecular Hbond substituents is 1. The smallest absolute Gasteiger partial charge is 0.260 e. The lowest BCUT2D eigenvalue weighted by Gasteiger charge is -2.50. The summed E-state index contributed by atoms with van der Waals surface area (Å²) in [5, 5.41) is 12.9. The molecule has 2 heterocycles. The summed E-state index contributed by atoms with van der Waals surface area (Å²) >= 11 is 0. The van der Waals surface area contributed by atoms with Gasteiger partial charge in [0.1, 0.15) is 0 Å². The predicted octanol–water partition coefficient (Wildman–Crippen LogP) is 5.10. The molecular formula is C37H37N3O6. The van der Waals surface area contributed by atoms with Gasteiger partial charge >= 0.3 is 0 Å². The van der Waals surface area contributed by atoms with E-state index in [9.17, 15) is 19.5 Å². The molecule has 9 heteroatoms. The molecule has 0 spiro atoms. The van der Waals surface area contributed by atoms with Gasteiger partial charge in [0.05, 0.1) is 35.5 Å². The van der Waals surface area contributed by atoms with Crippen LogP contribution in [-0.4, -0.2) is 51.8 Å². The minimum absolute atomic E-state index is 0.110. The molecule has 9 nitrogen and oxygen atoms in total. The number of nitrogens with one attached hydrogen (secondary N) is 1. The zero-order valence-corrected chi connectivity index (χ0v) is 26.1. The lowest BCUT2D eigenvalue weighted by molar-refractivity contribution is -0.141. The molecule has 4 amide bonds. The highest BCUT2D eigenvalue weighted by atomic mass is 16.5. The molecule has 0 unspecified atom stereocenters. The molecule has 2 N–H and O–H groups in total. The van der Waals surface area contributed by atoms with Crippen LogP contribution >= 0.6 is 0 Å². The number of imide groups is 2.